The van der Waals surface area contributed by atoms with Crippen molar-refractivity contribution in [2.24, 2.45) is 4.99 Å². The molecule has 8 aromatic carbocycles. The largest absolute Gasteiger partial charge is 0.486 e. The number of aromatic nitrogens is 9. The predicted octanol–water partition coefficient (Wildman–Crippen LogP) is 24.5. The Morgan fingerprint density at radius 3 is 1.14 bits per heavy atom. The fourth-order valence-electron chi connectivity index (χ4n) is 8.69. The van der Waals surface area contributed by atoms with Gasteiger partial charge in [0, 0.05) is 93.1 Å². The fraction of sp³-hybridized carbons (Fsp3) is 0.362. The Morgan fingerprint density at radius 1 is 0.372 bits per heavy atom. The van der Waals surface area contributed by atoms with Crippen molar-refractivity contribution in [3.63, 3.8) is 0 Å². The van der Waals surface area contributed by atoms with E-state index in [9.17, 15) is 0 Å². The Hall–Kier alpha value is -11.1. The van der Waals surface area contributed by atoms with Crippen molar-refractivity contribution >= 4 is 44.7 Å². The molecule has 0 bridgehead atoms. The first-order valence-electron chi connectivity index (χ1n) is 40.9. The first kappa shape index (κ1) is 108. The lowest BCUT2D eigenvalue weighted by Crippen LogP contribution is -2.16. The second-order valence-electron chi connectivity index (χ2n) is 19.5. The maximum absolute atomic E-state index is 5.30. The first-order chi connectivity index (χ1) is 56.3. The summed E-state index contributed by atoms with van der Waals surface area (Å²) in [5.74, 6) is 3.40. The predicted molar refractivity (Wildman–Crippen MR) is 487 cm³/mol. The Morgan fingerprint density at radius 2 is 0.788 bits per heavy atom. The highest BCUT2D eigenvalue weighted by Crippen LogP contribution is 2.31. The number of hydrogen-bond donors (Lipinski definition) is 5. The zero-order chi connectivity index (χ0) is 84.5. The lowest BCUT2D eigenvalue weighted by molar-refractivity contribution is 0.171. The monoisotopic (exact) mass is 1550 g/mol. The van der Waals surface area contributed by atoms with Gasteiger partial charge in [0.1, 0.15) is 31.3 Å². The zero-order valence-corrected chi connectivity index (χ0v) is 72.7. The van der Waals surface area contributed by atoms with E-state index in [1.165, 1.54) is 83.2 Å². The number of anilines is 1. The average molecular weight is 1550 g/mol. The van der Waals surface area contributed by atoms with E-state index in [0.29, 0.717) is 25.7 Å². The summed E-state index contributed by atoms with van der Waals surface area (Å²) in [5.41, 5.74) is 6.72. The molecule has 10 heterocycles. The number of para-hydroxylation sites is 6. The number of nitrogens with one attached hydrogen (secondary N) is 5. The van der Waals surface area contributed by atoms with Crippen LogP contribution in [0.3, 0.4) is 0 Å². The lowest BCUT2D eigenvalue weighted by Gasteiger charge is -2.17. The molecule has 0 spiro atoms. The Labute approximate surface area is 681 Å². The molecule has 0 aliphatic carbocycles. The van der Waals surface area contributed by atoms with E-state index in [-0.39, 0.29) is 0 Å². The summed E-state index contributed by atoms with van der Waals surface area (Å²) in [6.45, 7) is 53.2. The SMILES string of the molecule is C1=NCNC1.C1CNCN1.CC.CC.CC.CC.CC.CC.CC.CC.CC.CC.CC.c1ccc(-c2ccccc2)cc1.c1ccc(N2CCCC2)cc1.c1ccc2[nH]ccc2c1.c1ccc2c(c1)OCCO2.c1ccc2c(c1)OCO2.c1ccc2ccccc2c1.c1cnccn1.c1conn1.c1ncc2[nH]cnc2n1. The standard InChI is InChI=1S/C12H10.C10H13N.C10H8.C8H7N.C8H8O2.C7H6O2.C5H4N4.C4H4N2.C3H8N2.C3H6N2.C2H2N2O.11C2H6/c1-3-7-11(8-4-1)12-9-5-2-6-10-12;1-2-6-10(7-3-1)11-8-4-5-9-11;1-2-6-10-8-4-3-7-9(10)5-1;1-2-4-8-7(3-1)5-6-9-8;1-2-4-8-7(3-1)9-5-6-10-8;1-2-4-7-6(3-1)8-5-9-7;1-4-5(8-2-6-1)9-3-7-4;1-2-6-4-3-5-1;2*1-2-5-3-4-1;1-2-5-4-3-1;11*1-2/h1-10H;1-3,6-7H,4-5,8-9H2;1-8H;1-6,9H;1-4H,5-6H2;1-4H,5H2;1-3H,(H,6,7,8,9);1-4H;4-5H,1-3H2;1,5H,2-3H2;1-2H;11*1-2H3. The third-order valence-corrected chi connectivity index (χ3v) is 13.1. The molecule has 13 aromatic rings. The van der Waals surface area contributed by atoms with E-state index < -0.39 is 0 Å². The van der Waals surface area contributed by atoms with Crippen molar-refractivity contribution in [1.29, 1.82) is 0 Å². The molecule has 5 aliphatic rings. The summed E-state index contributed by atoms with van der Waals surface area (Å²) in [6, 6.07) is 73.8. The van der Waals surface area contributed by atoms with Gasteiger partial charge in [-0.3, -0.25) is 20.3 Å². The Balaban J connectivity index is -0.000000568. The summed E-state index contributed by atoms with van der Waals surface area (Å²) in [6.07, 6.45) is 20.7. The maximum Gasteiger partial charge on any atom is 0.231 e. The molecular formula is C94H142N14O5. The van der Waals surface area contributed by atoms with Gasteiger partial charge in [0.25, 0.3) is 0 Å². The quantitative estimate of drug-likeness (QED) is 0.109. The van der Waals surface area contributed by atoms with Gasteiger partial charge < -0.3 is 49.0 Å². The molecular weight excluding hydrogens is 1410 g/mol. The smallest absolute Gasteiger partial charge is 0.231 e. The fourth-order valence-corrected chi connectivity index (χ4v) is 8.69. The number of hydrogen-bond acceptors (Lipinski definition) is 17. The van der Waals surface area contributed by atoms with Gasteiger partial charge in [-0.05, 0) is 88.7 Å². The summed E-state index contributed by atoms with van der Waals surface area (Å²) in [5, 5.41) is 19.5. The molecule has 113 heavy (non-hydrogen) atoms. The minimum Gasteiger partial charge on any atom is -0.486 e. The highest BCUT2D eigenvalue weighted by Gasteiger charge is 2.12. The molecule has 2 saturated heterocycles. The van der Waals surface area contributed by atoms with Crippen LogP contribution in [0.4, 0.5) is 5.69 Å². The van der Waals surface area contributed by atoms with Crippen molar-refractivity contribution in [2.45, 2.75) is 165 Å². The highest BCUT2D eigenvalue weighted by molar-refractivity contribution is 5.82. The molecule has 618 valence electrons. The molecule has 18 rings (SSSR count). The summed E-state index contributed by atoms with van der Waals surface area (Å²) < 4.78 is 25.0. The molecule has 0 saturated carbocycles. The van der Waals surface area contributed by atoms with Crippen LogP contribution in [0.1, 0.15) is 165 Å². The molecule has 5 aliphatic heterocycles. The minimum atomic E-state index is 0.360. The second kappa shape index (κ2) is 86.5. The number of aromatic amines is 2. The van der Waals surface area contributed by atoms with Gasteiger partial charge in [-0.2, -0.15) is 0 Å². The molecule has 19 heteroatoms. The van der Waals surface area contributed by atoms with Crippen molar-refractivity contribution in [1.82, 2.24) is 61.2 Å². The van der Waals surface area contributed by atoms with Crippen molar-refractivity contribution in [3.05, 3.63) is 281 Å². The van der Waals surface area contributed by atoms with Crippen molar-refractivity contribution in [3.8, 4) is 34.1 Å². The maximum atomic E-state index is 5.30. The highest BCUT2D eigenvalue weighted by atomic mass is 16.7. The zero-order valence-electron chi connectivity index (χ0n) is 72.7. The van der Waals surface area contributed by atoms with Crippen molar-refractivity contribution in [2.75, 3.05) is 71.0 Å². The molecule has 0 radical (unpaired) electrons. The Kier molecular flexibility index (Phi) is 82.8. The van der Waals surface area contributed by atoms with Crippen LogP contribution < -0.4 is 39.8 Å². The summed E-state index contributed by atoms with van der Waals surface area (Å²) in [7, 11) is 0. The van der Waals surface area contributed by atoms with E-state index in [1.807, 2.05) is 238 Å². The van der Waals surface area contributed by atoms with Gasteiger partial charge in [0.15, 0.2) is 28.6 Å². The average Bonchev–Trinajstić information content (AvgIpc) is 1.31. The van der Waals surface area contributed by atoms with E-state index in [0.717, 1.165) is 61.5 Å². The molecule has 5 aromatic heterocycles. The van der Waals surface area contributed by atoms with Gasteiger partial charge in [0.2, 0.25) is 6.79 Å². The van der Waals surface area contributed by atoms with Crippen LogP contribution in [-0.4, -0.2) is 118 Å². The number of fused-ring (bicyclic) bond motifs is 5. The van der Waals surface area contributed by atoms with Gasteiger partial charge in [0.05, 0.1) is 25.4 Å². The van der Waals surface area contributed by atoms with Crippen LogP contribution in [0.15, 0.2) is 290 Å². The number of imidazole rings is 1. The number of H-pyrrole nitrogens is 2. The minimum absolute atomic E-state index is 0.360. The summed E-state index contributed by atoms with van der Waals surface area (Å²) in [4.78, 5) is 31.3. The number of nitrogens with zero attached hydrogens (tertiary/aromatic N) is 9. The second-order valence-corrected chi connectivity index (χ2v) is 19.5. The number of ether oxygens (including phenoxy) is 4. The lowest BCUT2D eigenvalue weighted by atomic mass is 10.1. The number of aliphatic imine (C=N–C) groups is 1. The topological polar surface area (TPSA) is 224 Å². The molecule has 0 amide bonds. The van der Waals surface area contributed by atoms with Crippen molar-refractivity contribution < 1.29 is 23.5 Å². The van der Waals surface area contributed by atoms with E-state index in [2.05, 4.69) is 221 Å². The van der Waals surface area contributed by atoms with Gasteiger partial charge in [-0.15, -0.1) is 5.10 Å². The summed E-state index contributed by atoms with van der Waals surface area (Å²) >= 11 is 0. The van der Waals surface area contributed by atoms with Gasteiger partial charge in [-0.1, -0.05) is 322 Å². The third-order valence-electron chi connectivity index (χ3n) is 13.1. The van der Waals surface area contributed by atoms with E-state index in [4.69, 9.17) is 18.9 Å². The van der Waals surface area contributed by atoms with E-state index in [1.54, 1.807) is 37.3 Å². The van der Waals surface area contributed by atoms with Gasteiger partial charge >= 0.3 is 0 Å². The molecule has 2 fully saturated rings. The van der Waals surface area contributed by atoms with Crippen LogP contribution in [-0.2, 0) is 0 Å². The molecule has 19 nitrogen and oxygen atoms in total. The number of benzene rings is 8. The van der Waals surface area contributed by atoms with Crippen LogP contribution in [0.5, 0.6) is 23.0 Å². The van der Waals surface area contributed by atoms with Crippen LogP contribution in [0.25, 0.3) is 44.0 Å². The first-order valence-corrected chi connectivity index (χ1v) is 40.9. The number of rotatable bonds is 2. The van der Waals surface area contributed by atoms with Gasteiger partial charge in [-0.25, -0.2) is 15.0 Å². The molecule has 0 atom stereocenters. The molecule has 5 N–H and O–H groups in total. The van der Waals surface area contributed by atoms with Crippen LogP contribution in [0, 0.1) is 0 Å². The van der Waals surface area contributed by atoms with Crippen LogP contribution >= 0.6 is 0 Å². The normalized spacial score (nSPS) is 11.0. The Bertz CT molecular complexity index is 3600. The van der Waals surface area contributed by atoms with E-state index >= 15 is 0 Å². The molecule has 0 unspecified atom stereocenters. The third kappa shape index (κ3) is 53.4. The van der Waals surface area contributed by atoms with Crippen LogP contribution in [0.2, 0.25) is 0 Å².